The average Bonchev–Trinajstić information content (AvgIpc) is 3.85. The number of primary amides is 1. The first-order chi connectivity index (χ1) is 27.7. The van der Waals surface area contributed by atoms with E-state index in [0.717, 1.165) is 19.3 Å². The molecule has 1 saturated heterocycles. The second-order valence-electron chi connectivity index (χ2n) is 14.9. The van der Waals surface area contributed by atoms with E-state index in [9.17, 15) is 47.2 Å². The Hall–Kier alpha value is -4.82. The summed E-state index contributed by atoms with van der Waals surface area (Å²) in [7, 11) is -6.14. The number of aliphatic hydroxyl groups is 1. The van der Waals surface area contributed by atoms with Gasteiger partial charge in [0.05, 0.1) is 25.0 Å². The first-order valence-corrected chi connectivity index (χ1v) is 20.7. The van der Waals surface area contributed by atoms with E-state index in [1.165, 1.54) is 29.9 Å². The Balaban J connectivity index is 1.72. The minimum absolute atomic E-state index is 0.0950. The summed E-state index contributed by atoms with van der Waals surface area (Å²) >= 11 is 0. The normalized spacial score (nSPS) is 18.3. The van der Waals surface area contributed by atoms with Gasteiger partial charge in [-0.2, -0.15) is 8.78 Å². The molecule has 0 saturated carbocycles. The van der Waals surface area contributed by atoms with E-state index in [0.29, 0.717) is 19.2 Å². The predicted octanol–water partition coefficient (Wildman–Crippen LogP) is -0.149. The molecule has 10 N–H and O–H groups in total. The van der Waals surface area contributed by atoms with Gasteiger partial charge in [-0.15, -0.1) is 0 Å². The molecule has 0 unspecified atom stereocenters. The Bertz CT molecular complexity index is 1780. The SMILES string of the molecule is CC(=O)N1C[C@H](OCCCCc2ccccc2)C[C@H]1C(=O)N[C@@H](CC(C)C)C(=O)N[C@@H](Cc1cnc[nH]1)C(=O)N[C@@H](CO)C(=O)N[C@H](C(N)=O)[C@@H](C)C(F)(F)P(=O)(O)O. The van der Waals surface area contributed by atoms with Crippen LogP contribution in [0.4, 0.5) is 8.78 Å². The number of aliphatic hydroxyl groups excluding tert-OH is 1. The van der Waals surface area contributed by atoms with Crippen molar-refractivity contribution in [3.8, 4) is 0 Å². The lowest BCUT2D eigenvalue weighted by Crippen LogP contribution is -2.61. The van der Waals surface area contributed by atoms with E-state index in [-0.39, 0.29) is 37.6 Å². The number of hydrogen-bond acceptors (Lipinski definition) is 10. The molecule has 2 heterocycles. The van der Waals surface area contributed by atoms with Crippen LogP contribution in [0.2, 0.25) is 0 Å². The molecule has 0 aliphatic carbocycles. The summed E-state index contributed by atoms with van der Waals surface area (Å²) in [5.74, 6) is -8.59. The molecule has 19 nitrogen and oxygen atoms in total. The number of likely N-dealkylation sites (tertiary alicyclic amines) is 1. The van der Waals surface area contributed by atoms with E-state index >= 15 is 0 Å². The van der Waals surface area contributed by atoms with Crippen molar-refractivity contribution in [1.82, 2.24) is 36.1 Å². The van der Waals surface area contributed by atoms with Gasteiger partial charge in [0, 0.05) is 44.8 Å². The van der Waals surface area contributed by atoms with Crippen LogP contribution in [0, 0.1) is 11.8 Å². The Kier molecular flexibility index (Phi) is 18.1. The Morgan fingerprint density at radius 1 is 0.983 bits per heavy atom. The smallest absolute Gasteiger partial charge is 0.394 e. The number of aryl methyl sites for hydroxylation is 1. The fraction of sp³-hybridized carbons (Fsp3) is 0.595. The maximum Gasteiger partial charge on any atom is 0.394 e. The summed E-state index contributed by atoms with van der Waals surface area (Å²) in [6, 6.07) is 2.00. The molecular weight excluding hydrogens is 801 g/mol. The molecule has 1 aromatic heterocycles. The molecule has 2 aromatic rings. The molecule has 0 radical (unpaired) electrons. The lowest BCUT2D eigenvalue weighted by molar-refractivity contribution is -0.139. The second-order valence-corrected chi connectivity index (χ2v) is 16.6. The minimum atomic E-state index is -6.14. The lowest BCUT2D eigenvalue weighted by atomic mass is 10.0. The standard InChI is InChI=1S/C37H55F2N8O11P/c1-21(2)14-27(44-36(54)30-16-26(18-47(30)23(4)49)58-13-9-8-12-24-10-6-5-7-11-24)33(51)43-28(15-25-17-41-20-42-25)34(52)45-29(19-48)35(53)46-31(32(40)50)22(3)37(38,39)59(55,56)57/h5-7,10-11,17,20-22,26-31,48H,8-9,12-16,18-19H2,1-4H3,(H2,40,50)(H,41,42)(H,43,51)(H,44,54)(H,45,52)(H,46,53)(H2,55,56,57)/t22-,26-,27+,28+,29+,30+,31+/m1/s1. The molecule has 59 heavy (non-hydrogen) atoms. The van der Waals surface area contributed by atoms with Crippen LogP contribution in [-0.2, 0) is 50.9 Å². The Labute approximate surface area is 340 Å². The fourth-order valence-corrected chi connectivity index (χ4v) is 7.22. The van der Waals surface area contributed by atoms with Crippen LogP contribution in [0.15, 0.2) is 42.9 Å². The zero-order valence-corrected chi connectivity index (χ0v) is 34.2. The van der Waals surface area contributed by atoms with Gasteiger partial charge in [0.2, 0.25) is 35.4 Å². The largest absolute Gasteiger partial charge is 0.394 e. The first kappa shape index (κ1) is 48.5. The number of ether oxygens (including phenoxy) is 1. The zero-order chi connectivity index (χ0) is 44.1. The number of imidazole rings is 1. The fourth-order valence-electron chi connectivity index (χ4n) is 6.54. The van der Waals surface area contributed by atoms with Crippen LogP contribution in [0.1, 0.15) is 64.6 Å². The van der Waals surface area contributed by atoms with Gasteiger partial charge in [0.1, 0.15) is 30.2 Å². The molecule has 0 spiro atoms. The van der Waals surface area contributed by atoms with E-state index in [4.69, 9.17) is 20.3 Å². The number of aromatic nitrogens is 2. The van der Waals surface area contributed by atoms with Crippen LogP contribution in [-0.4, -0.2) is 127 Å². The van der Waals surface area contributed by atoms with Crippen LogP contribution < -0.4 is 27.0 Å². The number of carbonyl (C=O) groups excluding carboxylic acids is 6. The van der Waals surface area contributed by atoms with Crippen molar-refractivity contribution < 1.29 is 61.7 Å². The third-order valence-corrected chi connectivity index (χ3v) is 11.0. The quantitative estimate of drug-likeness (QED) is 0.0521. The molecular formula is C37H55F2N8O11P. The number of amides is 6. The number of rotatable bonds is 23. The molecule has 1 aliphatic heterocycles. The summed E-state index contributed by atoms with van der Waals surface area (Å²) in [4.78, 5) is 105. The molecule has 22 heteroatoms. The van der Waals surface area contributed by atoms with Gasteiger partial charge >= 0.3 is 13.3 Å². The summed E-state index contributed by atoms with van der Waals surface area (Å²) in [6.45, 7) is 4.91. The van der Waals surface area contributed by atoms with Crippen molar-refractivity contribution in [1.29, 1.82) is 0 Å². The van der Waals surface area contributed by atoms with E-state index in [1.54, 1.807) is 19.2 Å². The van der Waals surface area contributed by atoms with Crippen molar-refractivity contribution in [3.05, 3.63) is 54.1 Å². The van der Waals surface area contributed by atoms with Crippen molar-refractivity contribution in [3.63, 3.8) is 0 Å². The van der Waals surface area contributed by atoms with Crippen molar-refractivity contribution in [2.75, 3.05) is 19.8 Å². The summed E-state index contributed by atoms with van der Waals surface area (Å²) in [5, 5.41) is 19.2. The molecule has 328 valence electrons. The van der Waals surface area contributed by atoms with Crippen LogP contribution in [0.3, 0.4) is 0 Å². The number of benzene rings is 1. The van der Waals surface area contributed by atoms with E-state index in [2.05, 4.69) is 25.9 Å². The Morgan fingerprint density at radius 3 is 2.17 bits per heavy atom. The van der Waals surface area contributed by atoms with Gasteiger partial charge in [0.15, 0.2) is 0 Å². The molecule has 3 rings (SSSR count). The lowest BCUT2D eigenvalue weighted by Gasteiger charge is -2.31. The number of nitrogens with two attached hydrogens (primary N) is 1. The third-order valence-electron chi connectivity index (χ3n) is 9.83. The molecule has 7 atom stereocenters. The monoisotopic (exact) mass is 856 g/mol. The highest BCUT2D eigenvalue weighted by Gasteiger charge is 2.57. The van der Waals surface area contributed by atoms with Gasteiger partial charge < -0.3 is 56.5 Å². The second kappa shape index (κ2) is 22.0. The van der Waals surface area contributed by atoms with Crippen molar-refractivity contribution in [2.45, 2.75) is 108 Å². The number of H-pyrrole nitrogens is 1. The summed E-state index contributed by atoms with van der Waals surface area (Å²) in [5.41, 5.74) is 1.89. The average molecular weight is 857 g/mol. The number of hydrogen-bond donors (Lipinski definition) is 9. The number of unbranched alkanes of at least 4 members (excludes halogenated alkanes) is 1. The topological polar surface area (TPSA) is 295 Å². The number of nitrogens with one attached hydrogen (secondary N) is 5. The van der Waals surface area contributed by atoms with Crippen molar-refractivity contribution >= 4 is 43.0 Å². The summed E-state index contributed by atoms with van der Waals surface area (Å²) < 4.78 is 46.3. The Morgan fingerprint density at radius 2 is 1.61 bits per heavy atom. The van der Waals surface area contributed by atoms with Crippen molar-refractivity contribution in [2.24, 2.45) is 17.6 Å². The number of nitrogens with zero attached hydrogens (tertiary/aromatic N) is 2. The highest BCUT2D eigenvalue weighted by Crippen LogP contribution is 2.57. The van der Waals surface area contributed by atoms with E-state index in [1.807, 2.05) is 30.3 Å². The molecule has 6 amide bonds. The van der Waals surface area contributed by atoms with Gasteiger partial charge in [0.25, 0.3) is 0 Å². The number of aromatic amines is 1. The molecule has 1 fully saturated rings. The third kappa shape index (κ3) is 14.2. The minimum Gasteiger partial charge on any atom is -0.394 e. The highest BCUT2D eigenvalue weighted by molar-refractivity contribution is 7.53. The van der Waals surface area contributed by atoms with Gasteiger partial charge in [-0.3, -0.25) is 33.3 Å². The van der Waals surface area contributed by atoms with Crippen LogP contribution in [0.5, 0.6) is 0 Å². The zero-order valence-electron chi connectivity index (χ0n) is 33.3. The van der Waals surface area contributed by atoms with E-state index < -0.39 is 91.6 Å². The van der Waals surface area contributed by atoms with Crippen LogP contribution in [0.25, 0.3) is 0 Å². The highest BCUT2D eigenvalue weighted by atomic mass is 31.2. The maximum atomic E-state index is 14.4. The molecule has 1 aromatic carbocycles. The maximum absolute atomic E-state index is 14.4. The molecule has 1 aliphatic rings. The number of alkyl halides is 2. The summed E-state index contributed by atoms with van der Waals surface area (Å²) in [6.07, 6.45) is 4.75. The molecule has 0 bridgehead atoms. The number of halogens is 2. The van der Waals surface area contributed by atoms with Gasteiger partial charge in [-0.1, -0.05) is 51.1 Å². The van der Waals surface area contributed by atoms with Gasteiger partial charge in [-0.05, 0) is 37.2 Å². The predicted molar refractivity (Wildman–Crippen MR) is 207 cm³/mol. The number of carbonyl (C=O) groups is 6. The van der Waals surface area contributed by atoms with Crippen LogP contribution >= 0.6 is 7.60 Å². The van der Waals surface area contributed by atoms with Gasteiger partial charge in [-0.25, -0.2) is 4.98 Å². The first-order valence-electron chi connectivity index (χ1n) is 19.1.